The molecule has 1 aromatic carbocycles. The maximum absolute atomic E-state index is 8.67. The minimum Gasteiger partial charge on any atom is -0.492 e. The van der Waals surface area contributed by atoms with Crippen molar-refractivity contribution in [2.45, 2.75) is 9.92 Å². The molecule has 2 aromatic heterocycles. The highest BCUT2D eigenvalue weighted by molar-refractivity contribution is 7.99. The predicted octanol–water partition coefficient (Wildman–Crippen LogP) is 2.68. The standard InChI is InChI=1S/C23H26N6O2S/c24-18-4-7-22(27-15-18)32-20-5-6-21(25)29(16-20)23(26)17-2-1-3-19(14-17)31-13-10-28-8-11-30-12-9-28/h1-7,14-16,25-26H,8-13,24H2. The van der Waals surface area contributed by atoms with E-state index in [2.05, 4.69) is 9.88 Å². The monoisotopic (exact) mass is 450 g/mol. The Kier molecular flexibility index (Phi) is 7.21. The summed E-state index contributed by atoms with van der Waals surface area (Å²) in [5.74, 6) is 0.922. The topological polar surface area (TPSA) is 113 Å². The average molecular weight is 451 g/mol. The molecular weight excluding hydrogens is 424 g/mol. The summed E-state index contributed by atoms with van der Waals surface area (Å²) in [6, 6.07) is 14.6. The molecule has 3 aromatic rings. The van der Waals surface area contributed by atoms with E-state index in [1.54, 1.807) is 29.1 Å². The van der Waals surface area contributed by atoms with Crippen LogP contribution in [-0.2, 0) is 4.74 Å². The number of nitrogens with one attached hydrogen (secondary N) is 2. The number of morpholine rings is 1. The van der Waals surface area contributed by atoms with Gasteiger partial charge in [0.15, 0.2) is 0 Å². The van der Waals surface area contributed by atoms with Crippen molar-refractivity contribution in [3.63, 3.8) is 0 Å². The zero-order valence-corrected chi connectivity index (χ0v) is 18.5. The molecule has 0 atom stereocenters. The summed E-state index contributed by atoms with van der Waals surface area (Å²) >= 11 is 1.45. The summed E-state index contributed by atoms with van der Waals surface area (Å²) in [6.45, 7) is 4.81. The lowest BCUT2D eigenvalue weighted by atomic mass is 10.2. The van der Waals surface area contributed by atoms with Crippen LogP contribution in [0.2, 0.25) is 0 Å². The van der Waals surface area contributed by atoms with Gasteiger partial charge in [-0.15, -0.1) is 0 Å². The fraction of sp³-hybridized carbons (Fsp3) is 0.261. The Balaban J connectivity index is 1.44. The van der Waals surface area contributed by atoms with Gasteiger partial charge in [0, 0.05) is 36.3 Å². The summed E-state index contributed by atoms with van der Waals surface area (Å²) in [5, 5.41) is 17.7. The number of nitrogens with two attached hydrogens (primary N) is 1. The van der Waals surface area contributed by atoms with Gasteiger partial charge >= 0.3 is 0 Å². The van der Waals surface area contributed by atoms with Crippen LogP contribution in [-0.4, -0.2) is 59.7 Å². The molecule has 1 saturated heterocycles. The molecule has 8 nitrogen and oxygen atoms in total. The van der Waals surface area contributed by atoms with Crippen LogP contribution in [0.4, 0.5) is 5.69 Å². The molecule has 1 aliphatic heterocycles. The molecule has 4 N–H and O–H groups in total. The van der Waals surface area contributed by atoms with Crippen LogP contribution in [0.15, 0.2) is 70.8 Å². The third kappa shape index (κ3) is 5.76. The maximum Gasteiger partial charge on any atom is 0.138 e. The molecule has 32 heavy (non-hydrogen) atoms. The van der Waals surface area contributed by atoms with Gasteiger partial charge in [-0.25, -0.2) is 4.98 Å². The maximum atomic E-state index is 8.67. The molecule has 166 valence electrons. The fourth-order valence-corrected chi connectivity index (χ4v) is 4.07. The van der Waals surface area contributed by atoms with E-state index in [-0.39, 0.29) is 11.3 Å². The van der Waals surface area contributed by atoms with Crippen molar-refractivity contribution in [2.24, 2.45) is 0 Å². The number of pyridine rings is 2. The molecule has 0 spiro atoms. The Bertz CT molecular complexity index is 1130. The van der Waals surface area contributed by atoms with Crippen LogP contribution in [0.5, 0.6) is 5.75 Å². The summed E-state index contributed by atoms with van der Waals surface area (Å²) in [6.07, 6.45) is 3.39. The van der Waals surface area contributed by atoms with Crippen LogP contribution in [0.3, 0.4) is 0 Å². The lowest BCUT2D eigenvalue weighted by molar-refractivity contribution is 0.0322. The molecule has 4 rings (SSSR count). The number of nitrogens with zero attached hydrogens (tertiary/aromatic N) is 3. The van der Waals surface area contributed by atoms with E-state index in [1.807, 2.05) is 36.4 Å². The van der Waals surface area contributed by atoms with E-state index >= 15 is 0 Å². The van der Waals surface area contributed by atoms with Gasteiger partial charge in [0.2, 0.25) is 0 Å². The zero-order chi connectivity index (χ0) is 22.3. The first-order valence-electron chi connectivity index (χ1n) is 10.4. The van der Waals surface area contributed by atoms with Gasteiger partial charge in [-0.2, -0.15) is 0 Å². The van der Waals surface area contributed by atoms with Gasteiger partial charge in [0.25, 0.3) is 0 Å². The minimum atomic E-state index is 0.210. The smallest absolute Gasteiger partial charge is 0.138 e. The Morgan fingerprint density at radius 3 is 2.78 bits per heavy atom. The number of benzene rings is 1. The number of nitrogen functional groups attached to an aromatic ring is 1. The lowest BCUT2D eigenvalue weighted by Crippen LogP contribution is -2.38. The van der Waals surface area contributed by atoms with Crippen molar-refractivity contribution in [3.05, 3.63) is 72.0 Å². The third-order valence-corrected chi connectivity index (χ3v) is 5.96. The zero-order valence-electron chi connectivity index (χ0n) is 17.7. The van der Waals surface area contributed by atoms with Gasteiger partial charge in [0.1, 0.15) is 28.7 Å². The van der Waals surface area contributed by atoms with Crippen LogP contribution in [0, 0.1) is 10.8 Å². The second-order valence-corrected chi connectivity index (χ2v) is 8.42. The molecule has 0 bridgehead atoms. The van der Waals surface area contributed by atoms with Crippen molar-refractivity contribution in [3.8, 4) is 5.75 Å². The van der Waals surface area contributed by atoms with Crippen LogP contribution in [0.25, 0.3) is 0 Å². The van der Waals surface area contributed by atoms with Gasteiger partial charge in [-0.3, -0.25) is 20.3 Å². The molecule has 0 amide bonds. The average Bonchev–Trinajstić information content (AvgIpc) is 2.82. The second-order valence-electron chi connectivity index (χ2n) is 7.33. The Labute approximate surface area is 191 Å². The molecule has 1 aliphatic rings. The number of aromatic nitrogens is 2. The predicted molar refractivity (Wildman–Crippen MR) is 124 cm³/mol. The lowest BCUT2D eigenvalue weighted by Gasteiger charge is -2.26. The first-order chi connectivity index (χ1) is 15.6. The normalized spacial score (nSPS) is 14.2. The first kappa shape index (κ1) is 22.1. The van der Waals surface area contributed by atoms with E-state index in [9.17, 15) is 0 Å². The van der Waals surface area contributed by atoms with E-state index < -0.39 is 0 Å². The molecule has 0 saturated carbocycles. The number of anilines is 1. The summed E-state index contributed by atoms with van der Waals surface area (Å²) in [7, 11) is 0. The van der Waals surface area contributed by atoms with E-state index in [0.29, 0.717) is 23.6 Å². The molecule has 0 unspecified atom stereocenters. The number of hydrogen-bond donors (Lipinski definition) is 3. The molecule has 0 aliphatic carbocycles. The molecular formula is C23H26N6O2S. The van der Waals surface area contributed by atoms with E-state index in [0.717, 1.165) is 42.8 Å². The largest absolute Gasteiger partial charge is 0.492 e. The fourth-order valence-electron chi connectivity index (χ4n) is 3.29. The Morgan fingerprint density at radius 2 is 2.00 bits per heavy atom. The quantitative estimate of drug-likeness (QED) is 0.377. The van der Waals surface area contributed by atoms with Gasteiger partial charge in [0.05, 0.1) is 25.1 Å². The van der Waals surface area contributed by atoms with Crippen LogP contribution in [0.1, 0.15) is 5.56 Å². The van der Waals surface area contributed by atoms with Crippen molar-refractivity contribution in [2.75, 3.05) is 45.2 Å². The second kappa shape index (κ2) is 10.4. The van der Waals surface area contributed by atoms with Gasteiger partial charge < -0.3 is 15.2 Å². The van der Waals surface area contributed by atoms with Crippen LogP contribution >= 0.6 is 11.8 Å². The minimum absolute atomic E-state index is 0.210. The van der Waals surface area contributed by atoms with E-state index in [1.165, 1.54) is 11.8 Å². The number of rotatable bonds is 7. The summed E-state index contributed by atoms with van der Waals surface area (Å²) in [4.78, 5) is 7.50. The molecule has 0 radical (unpaired) electrons. The SMILES string of the molecule is N=C(c1cccc(OCCN2CCOCC2)c1)n1cc(Sc2ccc(N)cn2)ccc1=N. The third-order valence-electron chi connectivity index (χ3n) is 5.03. The number of ether oxygens (including phenoxy) is 2. The van der Waals surface area contributed by atoms with Crippen molar-refractivity contribution in [1.82, 2.24) is 14.5 Å². The summed E-state index contributed by atoms with van der Waals surface area (Å²) < 4.78 is 12.8. The van der Waals surface area contributed by atoms with Crippen molar-refractivity contribution in [1.29, 1.82) is 10.8 Å². The molecule has 3 heterocycles. The Morgan fingerprint density at radius 1 is 1.16 bits per heavy atom. The highest BCUT2D eigenvalue weighted by Crippen LogP contribution is 2.25. The van der Waals surface area contributed by atoms with E-state index in [4.69, 9.17) is 26.0 Å². The highest BCUT2D eigenvalue weighted by atomic mass is 32.2. The number of hydrogen-bond acceptors (Lipinski definition) is 8. The van der Waals surface area contributed by atoms with Crippen LogP contribution < -0.4 is 16.0 Å². The van der Waals surface area contributed by atoms with Crippen molar-refractivity contribution >= 4 is 23.3 Å². The Hall–Kier alpha value is -3.14. The first-order valence-corrected chi connectivity index (χ1v) is 11.2. The highest BCUT2D eigenvalue weighted by Gasteiger charge is 2.11. The molecule has 9 heteroatoms. The van der Waals surface area contributed by atoms with Crippen molar-refractivity contribution < 1.29 is 9.47 Å². The van der Waals surface area contributed by atoms with Gasteiger partial charge in [-0.1, -0.05) is 23.9 Å². The summed E-state index contributed by atoms with van der Waals surface area (Å²) in [5.41, 5.74) is 7.22. The molecule has 1 fully saturated rings. The van der Waals surface area contributed by atoms with Gasteiger partial charge in [-0.05, 0) is 36.4 Å².